The summed E-state index contributed by atoms with van der Waals surface area (Å²) in [6.45, 7) is 7.24. The molecule has 2 aliphatic heterocycles. The Kier molecular flexibility index (Phi) is 7.42. The normalized spacial score (nSPS) is 23.7. The maximum absolute atomic E-state index is 14.3. The first-order valence-electron chi connectivity index (χ1n) is 14.5. The van der Waals surface area contributed by atoms with Crippen LogP contribution in [-0.4, -0.2) is 54.8 Å². The fraction of sp³-hybridized carbons (Fsp3) is 0.412. The average Bonchev–Trinajstić information content (AvgIpc) is 3.62. The van der Waals surface area contributed by atoms with Gasteiger partial charge in [-0.2, -0.15) is 0 Å². The van der Waals surface area contributed by atoms with Crippen LogP contribution in [0.1, 0.15) is 55.8 Å². The Balaban J connectivity index is 1.21. The van der Waals surface area contributed by atoms with E-state index in [0.29, 0.717) is 10.0 Å². The Bertz CT molecular complexity index is 1470. The number of carbonyl (C=O) groups excluding carboxylic acids is 2. The summed E-state index contributed by atoms with van der Waals surface area (Å²) in [7, 11) is 1.91. The van der Waals surface area contributed by atoms with Crippen molar-refractivity contribution in [2.45, 2.75) is 50.0 Å². The molecule has 2 amide bonds. The molecule has 0 aromatic heterocycles. The van der Waals surface area contributed by atoms with E-state index >= 15 is 0 Å². The number of likely N-dealkylation sites (tertiary alicyclic amines) is 1. The molecule has 6 rings (SSSR count). The Labute approximate surface area is 253 Å². The van der Waals surface area contributed by atoms with Crippen molar-refractivity contribution in [3.05, 3.63) is 99.5 Å². The van der Waals surface area contributed by atoms with Gasteiger partial charge in [-0.1, -0.05) is 77.8 Å². The lowest BCUT2D eigenvalue weighted by Crippen LogP contribution is -2.47. The SMILES string of the molecule is CC(=O)N1CC2(CCN(C[C@@H]3C[C@@]3(C(=O)N(C)[C@@H](C)c3ccccc3)c3ccc(Cl)c(Cl)c3)CC2)c2ccccc21. The van der Waals surface area contributed by atoms with Gasteiger partial charge < -0.3 is 14.7 Å². The largest absolute Gasteiger partial charge is 0.338 e. The van der Waals surface area contributed by atoms with Crippen LogP contribution in [0.4, 0.5) is 5.69 Å². The number of hydrogen-bond donors (Lipinski definition) is 0. The molecular weight excluding hydrogens is 553 g/mol. The van der Waals surface area contributed by atoms with Crippen LogP contribution >= 0.6 is 23.2 Å². The Morgan fingerprint density at radius 1 is 0.976 bits per heavy atom. The second kappa shape index (κ2) is 10.8. The number of anilines is 1. The van der Waals surface area contributed by atoms with E-state index in [1.165, 1.54) is 5.56 Å². The Morgan fingerprint density at radius 3 is 2.34 bits per heavy atom. The molecule has 214 valence electrons. The predicted molar refractivity (Wildman–Crippen MR) is 166 cm³/mol. The third kappa shape index (κ3) is 4.86. The fourth-order valence-corrected chi connectivity index (χ4v) is 7.62. The van der Waals surface area contributed by atoms with Crippen LogP contribution in [-0.2, 0) is 20.4 Å². The number of halogens is 2. The molecule has 1 aliphatic carbocycles. The zero-order valence-electron chi connectivity index (χ0n) is 23.9. The highest BCUT2D eigenvalue weighted by Crippen LogP contribution is 2.57. The number of carbonyl (C=O) groups is 2. The quantitative estimate of drug-likeness (QED) is 0.315. The molecule has 7 heteroatoms. The summed E-state index contributed by atoms with van der Waals surface area (Å²) >= 11 is 12.8. The van der Waals surface area contributed by atoms with Gasteiger partial charge in [0.05, 0.1) is 21.5 Å². The van der Waals surface area contributed by atoms with E-state index in [2.05, 4.69) is 42.2 Å². The molecule has 41 heavy (non-hydrogen) atoms. The first-order valence-corrected chi connectivity index (χ1v) is 15.3. The van der Waals surface area contributed by atoms with Crippen molar-refractivity contribution in [3.63, 3.8) is 0 Å². The molecular formula is C34H37Cl2N3O2. The summed E-state index contributed by atoms with van der Waals surface area (Å²) in [5, 5.41) is 0.981. The van der Waals surface area contributed by atoms with Crippen molar-refractivity contribution in [2.24, 2.45) is 5.92 Å². The fourth-order valence-electron chi connectivity index (χ4n) is 7.32. The second-order valence-electron chi connectivity index (χ2n) is 12.2. The van der Waals surface area contributed by atoms with Crippen LogP contribution < -0.4 is 4.90 Å². The summed E-state index contributed by atoms with van der Waals surface area (Å²) in [6, 6.07) is 24.2. The van der Waals surface area contributed by atoms with Gasteiger partial charge >= 0.3 is 0 Å². The standard InChI is InChI=1S/C34H37Cl2N3O2/c1-23(25-9-5-4-6-10-25)37(3)32(41)34(26-13-14-29(35)30(36)19-26)20-27(34)21-38-17-15-33(16-18-38)22-39(24(2)40)31-12-8-7-11-28(31)33/h4-14,19,23,27H,15-18,20-22H2,1-3H3/t23-,27-,34+/m0/s1. The number of piperidine rings is 1. The topological polar surface area (TPSA) is 43.9 Å². The molecule has 3 aliphatic rings. The number of para-hydroxylation sites is 1. The van der Waals surface area contributed by atoms with Gasteiger partial charge in [-0.15, -0.1) is 0 Å². The summed E-state index contributed by atoms with van der Waals surface area (Å²) < 4.78 is 0. The maximum atomic E-state index is 14.3. The monoisotopic (exact) mass is 589 g/mol. The molecule has 5 nitrogen and oxygen atoms in total. The highest BCUT2D eigenvalue weighted by atomic mass is 35.5. The molecule has 0 unspecified atom stereocenters. The molecule has 0 N–H and O–H groups in total. The van der Waals surface area contributed by atoms with Crippen molar-refractivity contribution < 1.29 is 9.59 Å². The van der Waals surface area contributed by atoms with Crippen molar-refractivity contribution >= 4 is 40.7 Å². The van der Waals surface area contributed by atoms with Crippen LogP contribution in [0, 0.1) is 5.92 Å². The molecule has 2 fully saturated rings. The number of hydrogen-bond acceptors (Lipinski definition) is 3. The van der Waals surface area contributed by atoms with E-state index in [4.69, 9.17) is 23.2 Å². The van der Waals surface area contributed by atoms with E-state index in [1.807, 2.05) is 59.3 Å². The number of rotatable bonds is 6. The van der Waals surface area contributed by atoms with E-state index in [-0.39, 0.29) is 29.2 Å². The Morgan fingerprint density at radius 2 is 1.66 bits per heavy atom. The second-order valence-corrected chi connectivity index (χ2v) is 13.0. The predicted octanol–water partition coefficient (Wildman–Crippen LogP) is 6.87. The van der Waals surface area contributed by atoms with Gasteiger partial charge in [0.15, 0.2) is 0 Å². The van der Waals surface area contributed by atoms with Crippen LogP contribution in [0.3, 0.4) is 0 Å². The number of fused-ring (bicyclic) bond motifs is 2. The molecule has 0 radical (unpaired) electrons. The van der Waals surface area contributed by atoms with Gasteiger partial charge in [-0.25, -0.2) is 0 Å². The minimum Gasteiger partial charge on any atom is -0.338 e. The summed E-state index contributed by atoms with van der Waals surface area (Å²) in [4.78, 5) is 33.1. The van der Waals surface area contributed by atoms with Crippen LogP contribution in [0.25, 0.3) is 0 Å². The van der Waals surface area contributed by atoms with Gasteiger partial charge in [0.2, 0.25) is 11.8 Å². The van der Waals surface area contributed by atoms with Gasteiger partial charge in [0.25, 0.3) is 0 Å². The molecule has 3 aromatic rings. The third-order valence-corrected chi connectivity index (χ3v) is 10.7. The summed E-state index contributed by atoms with van der Waals surface area (Å²) in [6.07, 6.45) is 2.79. The molecule has 1 spiro atoms. The van der Waals surface area contributed by atoms with Gasteiger partial charge in [0.1, 0.15) is 0 Å². The molecule has 3 atom stereocenters. The van der Waals surface area contributed by atoms with Crippen molar-refractivity contribution in [1.82, 2.24) is 9.80 Å². The lowest BCUT2D eigenvalue weighted by Gasteiger charge is -2.40. The first-order chi connectivity index (χ1) is 19.7. The van der Waals surface area contributed by atoms with E-state index < -0.39 is 5.41 Å². The average molecular weight is 591 g/mol. The number of likely N-dealkylation sites (N-methyl/N-ethyl adjacent to an activating group) is 1. The van der Waals surface area contributed by atoms with Crippen molar-refractivity contribution in [1.29, 1.82) is 0 Å². The number of amides is 2. The smallest absolute Gasteiger partial charge is 0.233 e. The van der Waals surface area contributed by atoms with Gasteiger partial charge in [0, 0.05) is 38.2 Å². The van der Waals surface area contributed by atoms with E-state index in [0.717, 1.165) is 62.3 Å². The van der Waals surface area contributed by atoms with Crippen molar-refractivity contribution in [2.75, 3.05) is 38.1 Å². The minimum atomic E-state index is -0.619. The highest BCUT2D eigenvalue weighted by molar-refractivity contribution is 6.42. The van der Waals surface area contributed by atoms with E-state index in [9.17, 15) is 9.59 Å². The van der Waals surface area contributed by atoms with Crippen LogP contribution in [0.2, 0.25) is 10.0 Å². The van der Waals surface area contributed by atoms with Gasteiger partial charge in [-0.3, -0.25) is 9.59 Å². The molecule has 1 saturated carbocycles. The van der Waals surface area contributed by atoms with Crippen LogP contribution in [0.5, 0.6) is 0 Å². The Hall–Kier alpha value is -2.86. The summed E-state index contributed by atoms with van der Waals surface area (Å²) in [5.41, 5.74) is 3.82. The molecule has 1 saturated heterocycles. The molecule has 3 aromatic carbocycles. The van der Waals surface area contributed by atoms with Crippen molar-refractivity contribution in [3.8, 4) is 0 Å². The molecule has 0 bridgehead atoms. The maximum Gasteiger partial charge on any atom is 0.233 e. The highest BCUT2D eigenvalue weighted by Gasteiger charge is 2.62. The third-order valence-electron chi connectivity index (χ3n) is 10.0. The minimum absolute atomic E-state index is 0.00423. The number of benzene rings is 3. The zero-order valence-corrected chi connectivity index (χ0v) is 25.5. The summed E-state index contributed by atoms with van der Waals surface area (Å²) in [5.74, 6) is 0.428. The zero-order chi connectivity index (χ0) is 28.9. The van der Waals surface area contributed by atoms with E-state index in [1.54, 1.807) is 6.92 Å². The first kappa shape index (κ1) is 28.3. The van der Waals surface area contributed by atoms with Gasteiger partial charge in [-0.05, 0) is 80.1 Å². The lowest BCUT2D eigenvalue weighted by molar-refractivity contribution is -0.135. The molecule has 2 heterocycles. The van der Waals surface area contributed by atoms with Crippen LogP contribution in [0.15, 0.2) is 72.8 Å². The lowest BCUT2D eigenvalue weighted by atomic mass is 9.74. The number of nitrogens with zero attached hydrogens (tertiary/aromatic N) is 3.